The molecular formula is C25H19N5O2S. The third-order valence-electron chi connectivity index (χ3n) is 5.81. The minimum absolute atomic E-state index is 0.00296. The molecule has 0 bridgehead atoms. The van der Waals surface area contributed by atoms with Crippen molar-refractivity contribution in [1.29, 1.82) is 5.26 Å². The Bertz CT molecular complexity index is 1500. The van der Waals surface area contributed by atoms with Crippen LogP contribution in [0.2, 0.25) is 0 Å². The molecular weight excluding hydrogens is 434 g/mol. The average Bonchev–Trinajstić information content (AvgIpc) is 3.38. The highest BCUT2D eigenvalue weighted by atomic mass is 32.1. The Morgan fingerprint density at radius 3 is 2.30 bits per heavy atom. The molecule has 5 rings (SSSR count). The van der Waals surface area contributed by atoms with Crippen molar-refractivity contribution < 1.29 is 4.79 Å². The smallest absolute Gasteiger partial charge is 0.263 e. The molecule has 0 spiro atoms. The Morgan fingerprint density at radius 1 is 1.03 bits per heavy atom. The van der Waals surface area contributed by atoms with Gasteiger partial charge in [-0.2, -0.15) is 5.26 Å². The van der Waals surface area contributed by atoms with E-state index >= 15 is 0 Å². The zero-order valence-electron chi connectivity index (χ0n) is 18.0. The number of para-hydroxylation sites is 2. The predicted molar refractivity (Wildman–Crippen MR) is 130 cm³/mol. The minimum atomic E-state index is -0.446. The van der Waals surface area contributed by atoms with E-state index in [1.165, 1.54) is 22.2 Å². The maximum Gasteiger partial charge on any atom is 0.263 e. The number of Topliss-reactive ketones (excluding diaryl/α,β-unsaturated/α-hetero) is 1. The van der Waals surface area contributed by atoms with Crippen LogP contribution in [0.25, 0.3) is 21.3 Å². The highest BCUT2D eigenvalue weighted by Crippen LogP contribution is 2.40. The van der Waals surface area contributed by atoms with Crippen LogP contribution >= 0.6 is 11.3 Å². The number of fused-ring (bicyclic) bond motifs is 2. The molecule has 4 aromatic rings. The number of thiophene rings is 1. The summed E-state index contributed by atoms with van der Waals surface area (Å²) >= 11 is 1.39. The number of anilines is 2. The summed E-state index contributed by atoms with van der Waals surface area (Å²) in [4.78, 5) is 35.2. The van der Waals surface area contributed by atoms with Gasteiger partial charge in [0.2, 0.25) is 0 Å². The van der Waals surface area contributed by atoms with Gasteiger partial charge in [0.05, 0.1) is 29.6 Å². The van der Waals surface area contributed by atoms with Crippen molar-refractivity contribution in [2.45, 2.75) is 6.54 Å². The number of nitrogens with zero attached hydrogens (tertiary/aromatic N) is 5. The third-order valence-corrected chi connectivity index (χ3v) is 6.70. The molecule has 0 atom stereocenters. The summed E-state index contributed by atoms with van der Waals surface area (Å²) in [7, 11) is 3.64. The number of carbonyl (C=O) groups excluding carboxylic acids is 1. The largest absolute Gasteiger partial charge is 0.328 e. The molecule has 2 aromatic heterocycles. The molecule has 0 aliphatic carbocycles. The standard InChI is InChI=1S/C25H19N5O2S/c1-28-19-10-6-7-11-20(19)29(2)24(28)17(12-26)21(31)13-30-15-27-23-22(25(30)32)18(14-33-23)16-8-4-3-5-9-16/h3-11,14-15H,13H2,1-2H3. The fraction of sp³-hybridized carbons (Fsp3) is 0.120. The minimum Gasteiger partial charge on any atom is -0.328 e. The molecule has 2 aromatic carbocycles. The lowest BCUT2D eigenvalue weighted by molar-refractivity contribution is -0.115. The summed E-state index contributed by atoms with van der Waals surface area (Å²) in [5, 5.41) is 12.3. The number of benzene rings is 2. The zero-order chi connectivity index (χ0) is 23.1. The Balaban J connectivity index is 1.55. The second-order valence-corrected chi connectivity index (χ2v) is 8.57. The van der Waals surface area contributed by atoms with Crippen molar-refractivity contribution in [3.63, 3.8) is 0 Å². The van der Waals surface area contributed by atoms with Gasteiger partial charge in [0.15, 0.2) is 5.78 Å². The maximum atomic E-state index is 13.3. The second-order valence-electron chi connectivity index (χ2n) is 7.71. The number of carbonyl (C=O) groups is 1. The van der Waals surface area contributed by atoms with Gasteiger partial charge in [0.25, 0.3) is 5.56 Å². The van der Waals surface area contributed by atoms with Gasteiger partial charge >= 0.3 is 0 Å². The molecule has 8 heteroatoms. The Morgan fingerprint density at radius 2 is 1.67 bits per heavy atom. The van der Waals surface area contributed by atoms with E-state index in [-0.39, 0.29) is 17.7 Å². The number of rotatable bonds is 4. The Kier molecular flexibility index (Phi) is 5.04. The number of hydrogen-bond acceptors (Lipinski definition) is 7. The number of allylic oxidation sites excluding steroid dienone is 1. The molecule has 3 heterocycles. The van der Waals surface area contributed by atoms with Crippen LogP contribution in [0.5, 0.6) is 0 Å². The normalized spacial score (nSPS) is 12.7. The van der Waals surface area contributed by atoms with E-state index < -0.39 is 5.78 Å². The first-order valence-electron chi connectivity index (χ1n) is 10.3. The van der Waals surface area contributed by atoms with Crippen LogP contribution in [0.1, 0.15) is 0 Å². The summed E-state index contributed by atoms with van der Waals surface area (Å²) in [6.45, 7) is -0.268. The van der Waals surface area contributed by atoms with Gasteiger partial charge in [0.1, 0.15) is 22.3 Å². The van der Waals surface area contributed by atoms with Crippen LogP contribution in [0.4, 0.5) is 11.4 Å². The van der Waals surface area contributed by atoms with Crippen molar-refractivity contribution in [2.24, 2.45) is 0 Å². The molecule has 0 radical (unpaired) electrons. The summed E-state index contributed by atoms with van der Waals surface area (Å²) < 4.78 is 1.28. The molecule has 1 aliphatic rings. The van der Waals surface area contributed by atoms with Crippen LogP contribution in [0.3, 0.4) is 0 Å². The fourth-order valence-electron chi connectivity index (χ4n) is 4.20. The van der Waals surface area contributed by atoms with Gasteiger partial charge in [-0.1, -0.05) is 42.5 Å². The van der Waals surface area contributed by atoms with E-state index in [2.05, 4.69) is 11.1 Å². The van der Waals surface area contributed by atoms with Gasteiger partial charge in [-0.25, -0.2) is 4.98 Å². The van der Waals surface area contributed by atoms with Gasteiger partial charge < -0.3 is 9.80 Å². The summed E-state index contributed by atoms with van der Waals surface area (Å²) in [6, 6.07) is 19.4. The van der Waals surface area contributed by atoms with Gasteiger partial charge in [0, 0.05) is 25.0 Å². The van der Waals surface area contributed by atoms with Gasteiger partial charge in [-0.05, 0) is 17.7 Å². The van der Waals surface area contributed by atoms with Crippen LogP contribution < -0.4 is 15.4 Å². The number of aromatic nitrogens is 2. The van der Waals surface area contributed by atoms with Gasteiger partial charge in [-0.3, -0.25) is 14.2 Å². The Hall–Kier alpha value is -4.22. The monoisotopic (exact) mass is 453 g/mol. The predicted octanol–water partition coefficient (Wildman–Crippen LogP) is 4.02. The first kappa shape index (κ1) is 20.7. The molecule has 0 amide bonds. The number of ketones is 1. The highest BCUT2D eigenvalue weighted by Gasteiger charge is 2.31. The van der Waals surface area contributed by atoms with Crippen molar-refractivity contribution in [3.8, 4) is 17.2 Å². The van der Waals surface area contributed by atoms with Crippen LogP contribution in [0.15, 0.2) is 82.5 Å². The lowest BCUT2D eigenvalue weighted by atomic mass is 10.1. The molecule has 0 N–H and O–H groups in total. The summed E-state index contributed by atoms with van der Waals surface area (Å²) in [5.41, 5.74) is 3.21. The maximum absolute atomic E-state index is 13.3. The van der Waals surface area contributed by atoms with Crippen molar-refractivity contribution in [2.75, 3.05) is 23.9 Å². The lowest BCUT2D eigenvalue weighted by Crippen LogP contribution is -2.30. The molecule has 0 saturated heterocycles. The van der Waals surface area contributed by atoms with Crippen LogP contribution in [0, 0.1) is 11.3 Å². The number of hydrogen-bond donors (Lipinski definition) is 0. The molecule has 0 fully saturated rings. The average molecular weight is 454 g/mol. The second kappa shape index (κ2) is 8.04. The first-order valence-corrected chi connectivity index (χ1v) is 11.2. The quantitative estimate of drug-likeness (QED) is 0.343. The van der Waals surface area contributed by atoms with Gasteiger partial charge in [-0.15, -0.1) is 11.3 Å². The van der Waals surface area contributed by atoms with E-state index in [1.54, 1.807) is 0 Å². The fourth-order valence-corrected chi connectivity index (χ4v) is 5.11. The summed E-state index contributed by atoms with van der Waals surface area (Å²) in [5.74, 6) is 0.0463. The van der Waals surface area contributed by atoms with E-state index in [4.69, 9.17) is 0 Å². The zero-order valence-corrected chi connectivity index (χ0v) is 18.8. The molecule has 1 aliphatic heterocycles. The van der Waals surface area contributed by atoms with E-state index in [1.807, 2.05) is 83.9 Å². The van der Waals surface area contributed by atoms with Crippen molar-refractivity contribution >= 4 is 38.7 Å². The van der Waals surface area contributed by atoms with Crippen molar-refractivity contribution in [1.82, 2.24) is 9.55 Å². The molecule has 0 saturated carbocycles. The van der Waals surface area contributed by atoms with E-state index in [0.29, 0.717) is 16.0 Å². The van der Waals surface area contributed by atoms with E-state index in [0.717, 1.165) is 22.5 Å². The van der Waals surface area contributed by atoms with Crippen LogP contribution in [-0.2, 0) is 11.3 Å². The van der Waals surface area contributed by atoms with Crippen LogP contribution in [-0.4, -0.2) is 29.4 Å². The molecule has 33 heavy (non-hydrogen) atoms. The third kappa shape index (κ3) is 3.30. The summed E-state index contributed by atoms with van der Waals surface area (Å²) in [6.07, 6.45) is 1.38. The number of nitriles is 1. The topological polar surface area (TPSA) is 82.2 Å². The SMILES string of the molecule is CN1C(=C(C#N)C(=O)Cn2cnc3scc(-c4ccccc4)c3c2=O)N(C)c2ccccc21. The first-order chi connectivity index (χ1) is 16.0. The molecule has 162 valence electrons. The van der Waals surface area contributed by atoms with Crippen molar-refractivity contribution in [3.05, 3.63) is 88.1 Å². The van der Waals surface area contributed by atoms with E-state index in [9.17, 15) is 14.9 Å². The molecule has 0 unspecified atom stereocenters. The molecule has 7 nitrogen and oxygen atoms in total. The lowest BCUT2D eigenvalue weighted by Gasteiger charge is -2.20. The Labute approximate surface area is 194 Å². The highest BCUT2D eigenvalue weighted by molar-refractivity contribution is 7.17.